The minimum Gasteiger partial charge on any atom is -0.462 e. The molecule has 0 radical (unpaired) electrons. The Kier molecular flexibility index (Phi) is 10.2. The van der Waals surface area contributed by atoms with Crippen molar-refractivity contribution in [3.8, 4) is 11.1 Å². The largest absolute Gasteiger partial charge is 0.462 e. The van der Waals surface area contributed by atoms with Crippen molar-refractivity contribution in [2.45, 2.75) is 56.7 Å². The van der Waals surface area contributed by atoms with E-state index in [4.69, 9.17) is 21.1 Å². The summed E-state index contributed by atoms with van der Waals surface area (Å²) < 4.78 is 11.3. The van der Waals surface area contributed by atoms with Gasteiger partial charge < -0.3 is 25.0 Å². The van der Waals surface area contributed by atoms with Crippen molar-refractivity contribution in [1.82, 2.24) is 15.5 Å². The van der Waals surface area contributed by atoms with Crippen molar-refractivity contribution in [3.05, 3.63) is 107 Å². The van der Waals surface area contributed by atoms with E-state index in [1.807, 2.05) is 48.5 Å². The van der Waals surface area contributed by atoms with Crippen LogP contribution in [0.15, 0.2) is 84.9 Å². The molecular formula is C37H38ClN3O6. The molecule has 3 amide bonds. The van der Waals surface area contributed by atoms with E-state index in [1.165, 1.54) is 0 Å². The Labute approximate surface area is 279 Å². The van der Waals surface area contributed by atoms with Gasteiger partial charge in [-0.3, -0.25) is 9.59 Å². The Morgan fingerprint density at radius 1 is 0.915 bits per heavy atom. The SMILES string of the molecule is O=C(C[C@@H]1C/C=C\C[C@H](NC(=O)OCC2c3ccccc3-c3ccccc32)C(=O)OC[C@@H]2CCCN2C1=O)NCc1ccc(Cl)cc1. The summed E-state index contributed by atoms with van der Waals surface area (Å²) in [5.41, 5.74) is 5.35. The number of allylic oxidation sites excluding steroid dienone is 1. The normalized spacial score (nSPS) is 21.7. The molecular weight excluding hydrogens is 618 g/mol. The molecule has 2 N–H and O–H groups in total. The summed E-state index contributed by atoms with van der Waals surface area (Å²) in [5.74, 6) is -1.61. The van der Waals surface area contributed by atoms with Crippen molar-refractivity contribution >= 4 is 35.5 Å². The van der Waals surface area contributed by atoms with E-state index in [0.29, 0.717) is 31.0 Å². The highest BCUT2D eigenvalue weighted by Gasteiger charge is 2.36. The number of hydrogen-bond acceptors (Lipinski definition) is 6. The van der Waals surface area contributed by atoms with Gasteiger partial charge in [-0.15, -0.1) is 0 Å². The zero-order valence-corrected chi connectivity index (χ0v) is 26.8. The third-order valence-corrected chi connectivity index (χ3v) is 9.39. The average Bonchev–Trinajstić information content (AvgIpc) is 3.68. The lowest BCUT2D eigenvalue weighted by molar-refractivity contribution is -0.150. The Morgan fingerprint density at radius 2 is 1.60 bits per heavy atom. The van der Waals surface area contributed by atoms with Gasteiger partial charge in [0.05, 0.1) is 12.0 Å². The first-order valence-corrected chi connectivity index (χ1v) is 16.5. The van der Waals surface area contributed by atoms with Crippen molar-refractivity contribution in [3.63, 3.8) is 0 Å². The second-order valence-corrected chi connectivity index (χ2v) is 12.7. The molecule has 3 aromatic rings. The highest BCUT2D eigenvalue weighted by Crippen LogP contribution is 2.44. The van der Waals surface area contributed by atoms with Crippen LogP contribution in [0.4, 0.5) is 4.79 Å². The maximum atomic E-state index is 13.6. The molecule has 0 spiro atoms. The number of carbonyl (C=O) groups excluding carboxylic acids is 4. The van der Waals surface area contributed by atoms with Crippen LogP contribution >= 0.6 is 11.6 Å². The lowest BCUT2D eigenvalue weighted by atomic mass is 9.97. The zero-order chi connectivity index (χ0) is 32.8. The highest BCUT2D eigenvalue weighted by atomic mass is 35.5. The van der Waals surface area contributed by atoms with Gasteiger partial charge in [-0.1, -0.05) is 84.4 Å². The van der Waals surface area contributed by atoms with Crippen LogP contribution in [-0.4, -0.2) is 60.6 Å². The van der Waals surface area contributed by atoms with Gasteiger partial charge in [0.1, 0.15) is 19.3 Å². The Morgan fingerprint density at radius 3 is 2.32 bits per heavy atom. The lowest BCUT2D eigenvalue weighted by Crippen LogP contribution is -2.46. The van der Waals surface area contributed by atoms with E-state index < -0.39 is 24.0 Å². The van der Waals surface area contributed by atoms with Crippen molar-refractivity contribution in [1.29, 1.82) is 0 Å². The highest BCUT2D eigenvalue weighted by molar-refractivity contribution is 6.30. The van der Waals surface area contributed by atoms with Crippen LogP contribution in [0, 0.1) is 5.92 Å². The summed E-state index contributed by atoms with van der Waals surface area (Å²) in [7, 11) is 0. The van der Waals surface area contributed by atoms with E-state index in [0.717, 1.165) is 34.2 Å². The van der Waals surface area contributed by atoms with Crippen LogP contribution in [0.25, 0.3) is 11.1 Å². The standard InChI is InChI=1S/C37H38ClN3O6/c38-26-17-15-24(16-18-26)21-39-34(42)20-25-8-1-6-14-33(36(44)46-22-27-9-7-19-41(27)35(25)43)40-37(45)47-23-32-30-12-4-2-10-28(30)29-11-3-5-13-31(29)32/h1-6,10-13,15-18,25,27,32-33H,7-9,14,19-23H2,(H,39,42)(H,40,45)/b6-1-/t25-,27-,33-/m0/s1. The first-order chi connectivity index (χ1) is 22.9. The van der Waals surface area contributed by atoms with Gasteiger partial charge >= 0.3 is 12.1 Å². The Bertz CT molecular complexity index is 1610. The number of benzene rings is 3. The molecule has 47 heavy (non-hydrogen) atoms. The predicted octanol–water partition coefficient (Wildman–Crippen LogP) is 5.75. The van der Waals surface area contributed by atoms with Gasteiger partial charge in [0, 0.05) is 30.5 Å². The van der Waals surface area contributed by atoms with Crippen molar-refractivity contribution < 1.29 is 28.7 Å². The molecule has 0 saturated carbocycles. The molecule has 2 heterocycles. The molecule has 1 fully saturated rings. The van der Waals surface area contributed by atoms with Crippen LogP contribution in [0.1, 0.15) is 54.7 Å². The maximum Gasteiger partial charge on any atom is 0.407 e. The van der Waals surface area contributed by atoms with Gasteiger partial charge in [0.25, 0.3) is 0 Å². The summed E-state index contributed by atoms with van der Waals surface area (Å²) >= 11 is 5.96. The van der Waals surface area contributed by atoms with Gasteiger partial charge in [-0.2, -0.15) is 0 Å². The summed E-state index contributed by atoms with van der Waals surface area (Å²) in [6.07, 6.45) is 4.80. The second kappa shape index (κ2) is 14.9. The number of amides is 3. The monoisotopic (exact) mass is 655 g/mol. The number of hydrogen-bond donors (Lipinski definition) is 2. The van der Waals surface area contributed by atoms with Gasteiger partial charge in [-0.05, 0) is 65.6 Å². The molecule has 0 bridgehead atoms. The maximum absolute atomic E-state index is 13.6. The van der Waals surface area contributed by atoms with Crippen molar-refractivity contribution in [2.24, 2.45) is 5.92 Å². The molecule has 0 aromatic heterocycles. The Balaban J connectivity index is 1.09. The molecule has 3 aliphatic rings. The van der Waals surface area contributed by atoms with E-state index in [-0.39, 0.29) is 49.8 Å². The van der Waals surface area contributed by atoms with Crippen LogP contribution in [-0.2, 0) is 30.4 Å². The average molecular weight is 656 g/mol. The van der Waals surface area contributed by atoms with Gasteiger partial charge in [-0.25, -0.2) is 9.59 Å². The first kappa shape index (κ1) is 32.3. The molecule has 244 valence electrons. The van der Waals surface area contributed by atoms with E-state index in [1.54, 1.807) is 29.2 Å². The van der Waals surface area contributed by atoms with Crippen LogP contribution < -0.4 is 10.6 Å². The number of nitrogens with zero attached hydrogens (tertiary/aromatic N) is 1. The first-order valence-electron chi connectivity index (χ1n) is 16.1. The van der Waals surface area contributed by atoms with Gasteiger partial charge in [0.2, 0.25) is 11.8 Å². The minimum absolute atomic E-state index is 0.0205. The van der Waals surface area contributed by atoms with E-state index >= 15 is 0 Å². The molecule has 3 atom stereocenters. The van der Waals surface area contributed by atoms with Gasteiger partial charge in [0.15, 0.2) is 0 Å². The number of halogens is 1. The molecule has 1 saturated heterocycles. The number of ether oxygens (including phenoxy) is 2. The number of esters is 1. The number of carbonyl (C=O) groups is 4. The topological polar surface area (TPSA) is 114 Å². The number of nitrogens with one attached hydrogen (secondary N) is 2. The molecule has 6 rings (SSSR count). The van der Waals surface area contributed by atoms with Crippen LogP contribution in [0.3, 0.4) is 0 Å². The summed E-state index contributed by atoms with van der Waals surface area (Å²) in [6.45, 7) is 1.01. The van der Waals surface area contributed by atoms with Crippen molar-refractivity contribution in [2.75, 3.05) is 19.8 Å². The third kappa shape index (κ3) is 7.68. The summed E-state index contributed by atoms with van der Waals surface area (Å²) in [5, 5.41) is 6.22. The molecule has 0 unspecified atom stereocenters. The van der Waals surface area contributed by atoms with E-state index in [9.17, 15) is 19.2 Å². The molecule has 10 heteroatoms. The van der Waals surface area contributed by atoms with Crippen LogP contribution in [0.5, 0.6) is 0 Å². The fourth-order valence-corrected chi connectivity index (χ4v) is 6.80. The summed E-state index contributed by atoms with van der Waals surface area (Å²) in [4.78, 5) is 54.4. The molecule has 9 nitrogen and oxygen atoms in total. The number of fused-ring (bicyclic) bond motifs is 4. The molecule has 2 aliphatic heterocycles. The smallest absolute Gasteiger partial charge is 0.407 e. The number of rotatable bonds is 7. The van der Waals surface area contributed by atoms with Crippen LogP contribution in [0.2, 0.25) is 5.02 Å². The Hall–Kier alpha value is -4.63. The fourth-order valence-electron chi connectivity index (χ4n) is 6.67. The minimum atomic E-state index is -0.965. The quantitative estimate of drug-likeness (QED) is 0.247. The second-order valence-electron chi connectivity index (χ2n) is 12.2. The van der Waals surface area contributed by atoms with E-state index in [2.05, 4.69) is 22.8 Å². The molecule has 1 aliphatic carbocycles. The lowest BCUT2D eigenvalue weighted by Gasteiger charge is -2.29. The predicted molar refractivity (Wildman–Crippen MR) is 177 cm³/mol. The summed E-state index contributed by atoms with van der Waals surface area (Å²) in [6, 6.07) is 22.1. The molecule has 3 aromatic carbocycles. The number of cyclic esters (lactones) is 1. The third-order valence-electron chi connectivity index (χ3n) is 9.14. The fraction of sp³-hybridized carbons (Fsp3) is 0.351. The zero-order valence-electron chi connectivity index (χ0n) is 26.0. The number of alkyl carbamates (subject to hydrolysis) is 1.